The zero-order valence-corrected chi connectivity index (χ0v) is 11.2. The summed E-state index contributed by atoms with van der Waals surface area (Å²) < 4.78 is 5.22. The van der Waals surface area contributed by atoms with Crippen LogP contribution >= 0.6 is 0 Å². The first kappa shape index (κ1) is 13.1. The molecule has 1 aliphatic rings. The van der Waals surface area contributed by atoms with Gasteiger partial charge >= 0.3 is 0 Å². The maximum atomic E-state index is 12.0. The van der Waals surface area contributed by atoms with Gasteiger partial charge in [0, 0.05) is 35.9 Å². The van der Waals surface area contributed by atoms with Gasteiger partial charge in [-0.1, -0.05) is 12.8 Å². The third-order valence-electron chi connectivity index (χ3n) is 3.65. The van der Waals surface area contributed by atoms with Gasteiger partial charge in [0.2, 0.25) is 0 Å². The monoisotopic (exact) mass is 247 g/mol. The lowest BCUT2D eigenvalue weighted by atomic mass is 9.98. The normalized spacial score (nSPS) is 15.9. The number of nitrogens with zero attached hydrogens (tertiary/aromatic N) is 1. The van der Waals surface area contributed by atoms with Gasteiger partial charge in [-0.15, -0.1) is 0 Å². The summed E-state index contributed by atoms with van der Waals surface area (Å²) in [4.78, 5) is 16.4. The van der Waals surface area contributed by atoms with Crippen molar-refractivity contribution in [3.8, 4) is 5.75 Å². The van der Waals surface area contributed by atoms with Crippen molar-refractivity contribution >= 4 is 5.78 Å². The third-order valence-corrected chi connectivity index (χ3v) is 3.65. The lowest BCUT2D eigenvalue weighted by Crippen LogP contribution is -2.11. The number of carbonyl (C=O) groups excluding carboxylic acids is 1. The second-order valence-corrected chi connectivity index (χ2v) is 5.09. The molecular weight excluding hydrogens is 226 g/mol. The summed E-state index contributed by atoms with van der Waals surface area (Å²) >= 11 is 0. The van der Waals surface area contributed by atoms with Crippen LogP contribution in [0.2, 0.25) is 0 Å². The van der Waals surface area contributed by atoms with E-state index in [9.17, 15) is 4.79 Å². The molecule has 0 bridgehead atoms. The van der Waals surface area contributed by atoms with Crippen molar-refractivity contribution in [3.63, 3.8) is 0 Å². The molecule has 1 aromatic heterocycles. The van der Waals surface area contributed by atoms with E-state index in [0.717, 1.165) is 36.4 Å². The number of ether oxygens (including phenoxy) is 1. The van der Waals surface area contributed by atoms with Gasteiger partial charge in [0.1, 0.15) is 11.5 Å². The number of Topliss-reactive ketones (excluding diaryl/α,β-unsaturated/α-hetero) is 1. The fourth-order valence-corrected chi connectivity index (χ4v) is 2.65. The van der Waals surface area contributed by atoms with Gasteiger partial charge in [-0.25, -0.2) is 0 Å². The maximum absolute atomic E-state index is 12.0. The van der Waals surface area contributed by atoms with E-state index < -0.39 is 0 Å². The Balaban J connectivity index is 1.92. The average molecular weight is 247 g/mol. The quantitative estimate of drug-likeness (QED) is 0.802. The molecule has 3 nitrogen and oxygen atoms in total. The van der Waals surface area contributed by atoms with Crippen LogP contribution in [-0.4, -0.2) is 17.9 Å². The van der Waals surface area contributed by atoms with Crippen LogP contribution in [-0.2, 0) is 11.2 Å². The summed E-state index contributed by atoms with van der Waals surface area (Å²) in [5.74, 6) is 1.55. The minimum Gasteiger partial charge on any atom is -0.497 e. The highest BCUT2D eigenvalue weighted by atomic mass is 16.5. The minimum atomic E-state index is 0.316. The number of aryl methyl sites for hydroxylation is 2. The molecule has 1 saturated carbocycles. The molecule has 0 saturated heterocycles. The highest BCUT2D eigenvalue weighted by Gasteiger charge is 2.22. The Morgan fingerprint density at radius 1 is 1.39 bits per heavy atom. The Bertz CT molecular complexity index is 423. The first-order valence-corrected chi connectivity index (χ1v) is 6.73. The van der Waals surface area contributed by atoms with Crippen LogP contribution < -0.4 is 4.74 Å². The van der Waals surface area contributed by atoms with Crippen molar-refractivity contribution in [3.05, 3.63) is 23.5 Å². The molecule has 1 aliphatic carbocycles. The first-order valence-electron chi connectivity index (χ1n) is 6.73. The van der Waals surface area contributed by atoms with E-state index in [2.05, 4.69) is 4.98 Å². The number of methoxy groups -OCH3 is 1. The summed E-state index contributed by atoms with van der Waals surface area (Å²) in [5, 5.41) is 0. The lowest BCUT2D eigenvalue weighted by Gasteiger charge is -2.08. The second kappa shape index (κ2) is 5.98. The van der Waals surface area contributed by atoms with Crippen LogP contribution in [0.15, 0.2) is 12.1 Å². The molecule has 0 aliphatic heterocycles. The van der Waals surface area contributed by atoms with Crippen molar-refractivity contribution in [2.75, 3.05) is 7.11 Å². The van der Waals surface area contributed by atoms with Gasteiger partial charge in [-0.05, 0) is 26.2 Å². The molecule has 3 heteroatoms. The van der Waals surface area contributed by atoms with E-state index in [1.165, 1.54) is 12.8 Å². The highest BCUT2D eigenvalue weighted by Crippen LogP contribution is 2.27. The molecule has 1 fully saturated rings. The van der Waals surface area contributed by atoms with Gasteiger partial charge in [0.05, 0.1) is 7.11 Å². The minimum absolute atomic E-state index is 0.316. The molecule has 2 rings (SSSR count). The first-order chi connectivity index (χ1) is 8.69. The Morgan fingerprint density at radius 2 is 2.11 bits per heavy atom. The molecule has 0 amide bonds. The zero-order valence-electron chi connectivity index (χ0n) is 11.2. The predicted octanol–water partition coefficient (Wildman–Crippen LogP) is 3.09. The maximum Gasteiger partial charge on any atom is 0.136 e. The lowest BCUT2D eigenvalue weighted by molar-refractivity contribution is -0.122. The molecular formula is C15H21NO2. The highest BCUT2D eigenvalue weighted by molar-refractivity contribution is 5.81. The van der Waals surface area contributed by atoms with Crippen LogP contribution in [0.3, 0.4) is 0 Å². The summed E-state index contributed by atoms with van der Waals surface area (Å²) in [7, 11) is 1.65. The number of hydrogen-bond donors (Lipinski definition) is 0. The van der Waals surface area contributed by atoms with Crippen molar-refractivity contribution in [2.24, 2.45) is 5.92 Å². The number of hydrogen-bond acceptors (Lipinski definition) is 3. The predicted molar refractivity (Wildman–Crippen MR) is 70.8 cm³/mol. The Kier molecular flexibility index (Phi) is 4.34. The van der Waals surface area contributed by atoms with E-state index in [1.54, 1.807) is 7.11 Å². The molecule has 0 N–H and O–H groups in total. The van der Waals surface area contributed by atoms with E-state index in [1.807, 2.05) is 19.1 Å². The molecule has 0 atom stereocenters. The van der Waals surface area contributed by atoms with Crippen LogP contribution in [0.1, 0.15) is 43.5 Å². The number of carbonyl (C=O) groups is 1. The Hall–Kier alpha value is -1.38. The van der Waals surface area contributed by atoms with Crippen LogP contribution in [0.4, 0.5) is 0 Å². The fraction of sp³-hybridized carbons (Fsp3) is 0.600. The number of pyridine rings is 1. The molecule has 98 valence electrons. The Labute approximate surface area is 109 Å². The standard InChI is InChI=1S/C15H21NO2/c1-11-9-14(18-2)10-13(16-11)7-8-15(17)12-5-3-4-6-12/h9-10,12H,3-8H2,1-2H3. The van der Waals surface area contributed by atoms with Crippen LogP contribution in [0.25, 0.3) is 0 Å². The molecule has 0 spiro atoms. The summed E-state index contributed by atoms with van der Waals surface area (Å²) in [6.45, 7) is 1.95. The molecule has 0 radical (unpaired) electrons. The van der Waals surface area contributed by atoms with Crippen LogP contribution in [0, 0.1) is 12.8 Å². The van der Waals surface area contributed by atoms with E-state index in [4.69, 9.17) is 4.74 Å². The smallest absolute Gasteiger partial charge is 0.136 e. The van der Waals surface area contributed by atoms with Gasteiger partial charge in [-0.3, -0.25) is 9.78 Å². The summed E-state index contributed by atoms with van der Waals surface area (Å²) in [5.41, 5.74) is 1.90. The summed E-state index contributed by atoms with van der Waals surface area (Å²) in [6, 6.07) is 3.83. The van der Waals surface area contributed by atoms with Gasteiger partial charge in [0.25, 0.3) is 0 Å². The van der Waals surface area contributed by atoms with E-state index in [-0.39, 0.29) is 0 Å². The second-order valence-electron chi connectivity index (χ2n) is 5.09. The van der Waals surface area contributed by atoms with Crippen molar-refractivity contribution in [1.82, 2.24) is 4.98 Å². The number of aromatic nitrogens is 1. The average Bonchev–Trinajstić information content (AvgIpc) is 2.89. The van der Waals surface area contributed by atoms with Gasteiger partial charge in [0.15, 0.2) is 0 Å². The zero-order chi connectivity index (χ0) is 13.0. The van der Waals surface area contributed by atoms with Gasteiger partial charge < -0.3 is 4.74 Å². The molecule has 0 unspecified atom stereocenters. The number of ketones is 1. The molecule has 18 heavy (non-hydrogen) atoms. The Morgan fingerprint density at radius 3 is 2.78 bits per heavy atom. The molecule has 0 aromatic carbocycles. The summed E-state index contributed by atoms with van der Waals surface area (Å²) in [6.07, 6.45) is 5.95. The van der Waals surface area contributed by atoms with Crippen LogP contribution in [0.5, 0.6) is 5.75 Å². The van der Waals surface area contributed by atoms with E-state index in [0.29, 0.717) is 18.1 Å². The van der Waals surface area contributed by atoms with Crippen molar-refractivity contribution in [2.45, 2.75) is 45.4 Å². The number of rotatable bonds is 5. The van der Waals surface area contributed by atoms with E-state index >= 15 is 0 Å². The van der Waals surface area contributed by atoms with Crippen molar-refractivity contribution < 1.29 is 9.53 Å². The van der Waals surface area contributed by atoms with Crippen molar-refractivity contribution in [1.29, 1.82) is 0 Å². The fourth-order valence-electron chi connectivity index (χ4n) is 2.65. The SMILES string of the molecule is COc1cc(C)nc(CCC(=O)C2CCCC2)c1. The van der Waals surface area contributed by atoms with Gasteiger partial charge in [-0.2, -0.15) is 0 Å². The topological polar surface area (TPSA) is 39.2 Å². The molecule has 1 heterocycles. The molecule has 1 aromatic rings. The third kappa shape index (κ3) is 3.31. The largest absolute Gasteiger partial charge is 0.497 e.